The van der Waals surface area contributed by atoms with Gasteiger partial charge in [0.2, 0.25) is 0 Å². The molecule has 2 aromatic rings. The zero-order valence-corrected chi connectivity index (χ0v) is 11.8. The van der Waals surface area contributed by atoms with Gasteiger partial charge < -0.3 is 0 Å². The third kappa shape index (κ3) is 3.41. The molecule has 2 aromatic heterocycles. The average molecular weight is 292 g/mol. The Hall–Kier alpha value is -0.170. The molecule has 0 saturated heterocycles. The zero-order chi connectivity index (χ0) is 11.4. The van der Waals surface area contributed by atoms with E-state index in [0.29, 0.717) is 4.34 Å². The zero-order valence-electron chi connectivity index (χ0n) is 8.64. The number of unbranched alkanes of at least 4 members (excludes halogenated alkanes) is 1. The molecule has 0 atom stereocenters. The number of aryl methyl sites for hydroxylation is 1. The van der Waals surface area contributed by atoms with Crippen LogP contribution >= 0.6 is 46.0 Å². The first kappa shape index (κ1) is 12.3. The highest BCUT2D eigenvalue weighted by atomic mass is 35.5. The smallest absolute Gasteiger partial charge is 0.181 e. The number of halogens is 1. The van der Waals surface area contributed by atoms with Crippen molar-refractivity contribution in [3.8, 4) is 0 Å². The number of hydrogen-bond acceptors (Lipinski definition) is 6. The van der Waals surface area contributed by atoms with Crippen molar-refractivity contribution in [3.05, 3.63) is 15.5 Å². The Morgan fingerprint density at radius 2 is 2.19 bits per heavy atom. The van der Waals surface area contributed by atoms with Crippen molar-refractivity contribution in [2.24, 2.45) is 0 Å². The highest BCUT2D eigenvalue weighted by Gasteiger charge is 2.08. The molecule has 0 aliphatic heterocycles. The van der Waals surface area contributed by atoms with Gasteiger partial charge >= 0.3 is 0 Å². The summed E-state index contributed by atoms with van der Waals surface area (Å²) >= 11 is 10.4. The van der Waals surface area contributed by atoms with Crippen molar-refractivity contribution in [2.45, 2.75) is 34.9 Å². The summed E-state index contributed by atoms with van der Waals surface area (Å²) in [4.78, 5) is 4.17. The normalized spacial score (nSPS) is 10.9. The molecule has 0 bridgehead atoms. The predicted molar refractivity (Wildman–Crippen MR) is 69.8 cm³/mol. The molecule has 0 fully saturated rings. The maximum Gasteiger partial charge on any atom is 0.181 e. The summed E-state index contributed by atoms with van der Waals surface area (Å²) < 4.78 is 2.57. The number of thiazole rings is 1. The molecule has 2 heterocycles. The van der Waals surface area contributed by atoms with Gasteiger partial charge in [0.05, 0.1) is 6.20 Å². The molecular formula is C9H10ClN3S3. The predicted octanol–water partition coefficient (Wildman–Crippen LogP) is 4.14. The number of hydrogen-bond donors (Lipinski definition) is 0. The number of aromatic nitrogens is 3. The van der Waals surface area contributed by atoms with Crippen LogP contribution < -0.4 is 0 Å². The van der Waals surface area contributed by atoms with Crippen LogP contribution in [0.15, 0.2) is 14.9 Å². The van der Waals surface area contributed by atoms with Gasteiger partial charge in [0.25, 0.3) is 0 Å². The molecule has 86 valence electrons. The van der Waals surface area contributed by atoms with Crippen LogP contribution in [-0.2, 0) is 6.42 Å². The van der Waals surface area contributed by atoms with Crippen molar-refractivity contribution < 1.29 is 0 Å². The van der Waals surface area contributed by atoms with Crippen LogP contribution in [0.1, 0.15) is 24.8 Å². The van der Waals surface area contributed by atoms with Crippen LogP contribution in [0.25, 0.3) is 0 Å². The molecule has 0 aliphatic rings. The molecule has 7 heteroatoms. The molecule has 0 N–H and O–H groups in total. The number of nitrogens with zero attached hydrogens (tertiary/aromatic N) is 3. The quantitative estimate of drug-likeness (QED) is 0.830. The maximum atomic E-state index is 5.81. The molecule has 0 aliphatic carbocycles. The van der Waals surface area contributed by atoms with E-state index in [2.05, 4.69) is 22.1 Å². The second kappa shape index (κ2) is 5.95. The first-order valence-electron chi connectivity index (χ1n) is 4.89. The van der Waals surface area contributed by atoms with Crippen LogP contribution in [0, 0.1) is 0 Å². The third-order valence-corrected chi connectivity index (χ3v) is 5.05. The summed E-state index contributed by atoms with van der Waals surface area (Å²) in [6.45, 7) is 2.17. The Bertz CT molecular complexity index is 454. The first-order valence-corrected chi connectivity index (χ1v) is 7.72. The van der Waals surface area contributed by atoms with E-state index in [1.807, 2.05) is 0 Å². The lowest BCUT2D eigenvalue weighted by molar-refractivity contribution is 0.777. The summed E-state index contributed by atoms with van der Waals surface area (Å²) in [5, 5.41) is 9.38. The molecule has 0 saturated carbocycles. The molecule has 2 rings (SSSR count). The topological polar surface area (TPSA) is 38.7 Å². The second-order valence-corrected chi connectivity index (χ2v) is 7.32. The van der Waals surface area contributed by atoms with Gasteiger partial charge in [-0.1, -0.05) is 47.6 Å². The van der Waals surface area contributed by atoms with Gasteiger partial charge in [-0.3, -0.25) is 0 Å². The summed E-state index contributed by atoms with van der Waals surface area (Å²) in [5.74, 6) is 0. The van der Waals surface area contributed by atoms with Crippen molar-refractivity contribution >= 4 is 46.0 Å². The van der Waals surface area contributed by atoms with Gasteiger partial charge in [-0.25, -0.2) is 4.98 Å². The van der Waals surface area contributed by atoms with E-state index in [9.17, 15) is 0 Å². The van der Waals surface area contributed by atoms with E-state index < -0.39 is 0 Å². The van der Waals surface area contributed by atoms with Crippen LogP contribution in [-0.4, -0.2) is 15.2 Å². The fourth-order valence-electron chi connectivity index (χ4n) is 1.07. The maximum absolute atomic E-state index is 5.81. The lowest BCUT2D eigenvalue weighted by atomic mass is 10.3. The summed E-state index contributed by atoms with van der Waals surface area (Å²) in [6, 6.07) is 0. The van der Waals surface area contributed by atoms with Gasteiger partial charge in [-0.15, -0.1) is 10.2 Å². The van der Waals surface area contributed by atoms with Gasteiger partial charge in [-0.05, 0) is 18.2 Å². The van der Waals surface area contributed by atoms with E-state index in [1.165, 1.54) is 35.9 Å². The van der Waals surface area contributed by atoms with Crippen LogP contribution in [0.5, 0.6) is 0 Å². The molecule has 3 nitrogen and oxygen atoms in total. The fourth-order valence-corrected chi connectivity index (χ4v) is 4.32. The van der Waals surface area contributed by atoms with Crippen molar-refractivity contribution in [1.82, 2.24) is 15.2 Å². The minimum atomic E-state index is 0.707. The summed E-state index contributed by atoms with van der Waals surface area (Å²) in [6.07, 6.45) is 5.04. The Morgan fingerprint density at radius 1 is 1.31 bits per heavy atom. The van der Waals surface area contributed by atoms with Crippen molar-refractivity contribution in [3.63, 3.8) is 0 Å². The Labute approximate surface area is 111 Å². The SMILES string of the molecule is CCCCc1nnc(Sc2ncc(Cl)s2)s1. The monoisotopic (exact) mass is 291 g/mol. The van der Waals surface area contributed by atoms with Crippen LogP contribution in [0.3, 0.4) is 0 Å². The van der Waals surface area contributed by atoms with E-state index >= 15 is 0 Å². The van der Waals surface area contributed by atoms with Gasteiger partial charge in [-0.2, -0.15) is 0 Å². The Morgan fingerprint density at radius 3 is 2.88 bits per heavy atom. The highest BCUT2D eigenvalue weighted by Crippen LogP contribution is 2.34. The van der Waals surface area contributed by atoms with Gasteiger partial charge in [0.1, 0.15) is 9.34 Å². The first-order chi connectivity index (χ1) is 7.78. The molecule has 0 radical (unpaired) electrons. The van der Waals surface area contributed by atoms with E-state index in [4.69, 9.17) is 11.6 Å². The summed E-state index contributed by atoms with van der Waals surface area (Å²) in [7, 11) is 0. The lowest BCUT2D eigenvalue weighted by Crippen LogP contribution is -1.81. The van der Waals surface area contributed by atoms with E-state index in [1.54, 1.807) is 17.5 Å². The van der Waals surface area contributed by atoms with Crippen molar-refractivity contribution in [1.29, 1.82) is 0 Å². The largest absolute Gasteiger partial charge is 0.236 e. The van der Waals surface area contributed by atoms with E-state index in [-0.39, 0.29) is 0 Å². The minimum Gasteiger partial charge on any atom is -0.236 e. The third-order valence-electron chi connectivity index (χ3n) is 1.82. The van der Waals surface area contributed by atoms with Gasteiger partial charge in [0.15, 0.2) is 8.68 Å². The van der Waals surface area contributed by atoms with E-state index in [0.717, 1.165) is 20.1 Å². The molecule has 0 spiro atoms. The van der Waals surface area contributed by atoms with Crippen LogP contribution in [0.4, 0.5) is 0 Å². The molecule has 0 unspecified atom stereocenters. The van der Waals surface area contributed by atoms with Gasteiger partial charge in [0, 0.05) is 6.42 Å². The highest BCUT2D eigenvalue weighted by molar-refractivity contribution is 8.02. The second-order valence-electron chi connectivity index (χ2n) is 3.10. The summed E-state index contributed by atoms with van der Waals surface area (Å²) in [5.41, 5.74) is 0. The Balaban J connectivity index is 1.97. The van der Waals surface area contributed by atoms with Crippen molar-refractivity contribution in [2.75, 3.05) is 0 Å². The molecule has 0 amide bonds. The molecule has 16 heavy (non-hydrogen) atoms. The Kier molecular flexibility index (Phi) is 4.57. The standard InChI is InChI=1S/C9H10ClN3S3/c1-2-3-4-7-12-13-9(15-7)16-8-11-5-6(10)14-8/h5H,2-4H2,1H3. The fraction of sp³-hybridized carbons (Fsp3) is 0.444. The lowest BCUT2D eigenvalue weighted by Gasteiger charge is -1.89. The average Bonchev–Trinajstić information content (AvgIpc) is 2.86. The molecule has 0 aromatic carbocycles. The molecular weight excluding hydrogens is 282 g/mol. The minimum absolute atomic E-state index is 0.707. The van der Waals surface area contributed by atoms with Crippen LogP contribution in [0.2, 0.25) is 4.34 Å². The number of rotatable bonds is 5.